The fraction of sp³-hybridized carbons (Fsp3) is 0.250. The second-order valence-electron chi connectivity index (χ2n) is 9.44. The number of urea groups is 1. The number of rotatable bonds is 7. The number of ether oxygens (including phenoxy) is 1. The molecule has 1 aromatic carbocycles. The number of hydrogen-bond acceptors (Lipinski definition) is 7. The molecule has 4 aromatic rings. The molecular formula is C28H25ClN6O4S. The highest BCUT2D eigenvalue weighted by Gasteiger charge is 2.34. The van der Waals surface area contributed by atoms with Crippen molar-refractivity contribution in [2.45, 2.75) is 25.3 Å². The average Bonchev–Trinajstić information content (AvgIpc) is 3.34. The first kappa shape index (κ1) is 26.0. The molecule has 10 nitrogen and oxygen atoms in total. The molecule has 3 aromatic heterocycles. The van der Waals surface area contributed by atoms with Gasteiger partial charge in [-0.05, 0) is 43.2 Å². The Labute approximate surface area is 238 Å². The van der Waals surface area contributed by atoms with Crippen molar-refractivity contribution in [3.05, 3.63) is 65.8 Å². The number of nitrogens with zero attached hydrogens (tertiary/aromatic N) is 4. The Morgan fingerprint density at radius 1 is 1.12 bits per heavy atom. The smallest absolute Gasteiger partial charge is 0.332 e. The summed E-state index contributed by atoms with van der Waals surface area (Å²) in [5.74, 6) is 1.56. The van der Waals surface area contributed by atoms with Crippen molar-refractivity contribution in [2.24, 2.45) is 0 Å². The van der Waals surface area contributed by atoms with Crippen molar-refractivity contribution >= 4 is 68.2 Å². The van der Waals surface area contributed by atoms with Crippen LogP contribution in [0.2, 0.25) is 0 Å². The molecule has 2 aliphatic rings. The number of alkyl halides is 1. The van der Waals surface area contributed by atoms with E-state index in [9.17, 15) is 14.4 Å². The van der Waals surface area contributed by atoms with Gasteiger partial charge in [0, 0.05) is 37.6 Å². The maximum Gasteiger partial charge on any atom is 0.332 e. The van der Waals surface area contributed by atoms with E-state index >= 15 is 0 Å². The number of carbonyl (C=O) groups excluding carboxylic acids is 3. The molecule has 0 spiro atoms. The quantitative estimate of drug-likeness (QED) is 0.280. The highest BCUT2D eigenvalue weighted by Crippen LogP contribution is 2.45. The van der Waals surface area contributed by atoms with Crippen molar-refractivity contribution < 1.29 is 19.1 Å². The predicted molar refractivity (Wildman–Crippen MR) is 154 cm³/mol. The molecule has 0 aliphatic carbocycles. The molecule has 1 fully saturated rings. The van der Waals surface area contributed by atoms with Crippen LogP contribution in [0.1, 0.15) is 28.9 Å². The Hall–Kier alpha value is -4.22. The summed E-state index contributed by atoms with van der Waals surface area (Å²) < 4.78 is 5.82. The van der Waals surface area contributed by atoms with E-state index in [1.165, 1.54) is 16.2 Å². The Morgan fingerprint density at radius 2 is 1.98 bits per heavy atom. The molecule has 0 bridgehead atoms. The number of carbonyl (C=O) groups is 3. The Balaban J connectivity index is 1.24. The summed E-state index contributed by atoms with van der Waals surface area (Å²) in [6, 6.07) is 13.9. The third-order valence-corrected chi connectivity index (χ3v) is 8.08. The number of thiophene rings is 1. The van der Waals surface area contributed by atoms with E-state index in [-0.39, 0.29) is 30.2 Å². The van der Waals surface area contributed by atoms with Gasteiger partial charge in [-0.1, -0.05) is 18.2 Å². The number of benzene rings is 1. The van der Waals surface area contributed by atoms with Gasteiger partial charge >= 0.3 is 6.03 Å². The minimum atomic E-state index is -0.438. The average molecular weight is 577 g/mol. The van der Waals surface area contributed by atoms with Crippen molar-refractivity contribution in [1.29, 1.82) is 0 Å². The summed E-state index contributed by atoms with van der Waals surface area (Å²) in [7, 11) is 0. The zero-order valence-electron chi connectivity index (χ0n) is 21.3. The van der Waals surface area contributed by atoms with Crippen LogP contribution in [0.5, 0.6) is 11.5 Å². The van der Waals surface area contributed by atoms with Crippen LogP contribution in [0.3, 0.4) is 0 Å². The minimum Gasteiger partial charge on any atom is -0.456 e. The summed E-state index contributed by atoms with van der Waals surface area (Å²) in [6.45, 7) is 1.09. The van der Waals surface area contributed by atoms with Gasteiger partial charge in [0.2, 0.25) is 5.91 Å². The number of pyridine rings is 2. The van der Waals surface area contributed by atoms with Gasteiger partial charge in [0.25, 0.3) is 5.91 Å². The van der Waals surface area contributed by atoms with Crippen molar-refractivity contribution in [3.8, 4) is 11.5 Å². The third kappa shape index (κ3) is 5.05. The van der Waals surface area contributed by atoms with Crippen LogP contribution in [0.4, 0.5) is 22.0 Å². The summed E-state index contributed by atoms with van der Waals surface area (Å²) in [4.78, 5) is 52.2. The summed E-state index contributed by atoms with van der Waals surface area (Å²) >= 11 is 6.95. The van der Waals surface area contributed by atoms with Crippen molar-refractivity contribution in [3.63, 3.8) is 0 Å². The second kappa shape index (κ2) is 11.1. The molecule has 12 heteroatoms. The van der Waals surface area contributed by atoms with Crippen LogP contribution in [0, 0.1) is 0 Å². The zero-order valence-corrected chi connectivity index (χ0v) is 22.9. The number of para-hydroxylation sites is 1. The molecule has 1 atom stereocenters. The molecule has 4 amide bonds. The lowest BCUT2D eigenvalue weighted by Crippen LogP contribution is -2.49. The van der Waals surface area contributed by atoms with E-state index in [0.717, 1.165) is 12.8 Å². The van der Waals surface area contributed by atoms with Crippen molar-refractivity contribution in [2.75, 3.05) is 29.2 Å². The van der Waals surface area contributed by atoms with Crippen LogP contribution in [0.15, 0.2) is 60.9 Å². The van der Waals surface area contributed by atoms with Crippen LogP contribution in [-0.2, 0) is 4.79 Å². The van der Waals surface area contributed by atoms with Crippen LogP contribution >= 0.6 is 22.9 Å². The van der Waals surface area contributed by atoms with Gasteiger partial charge in [-0.15, -0.1) is 22.9 Å². The number of anilines is 3. The minimum absolute atomic E-state index is 0.0135. The lowest BCUT2D eigenvalue weighted by atomic mass is 10.0. The molecule has 0 radical (unpaired) electrons. The highest BCUT2D eigenvalue weighted by atomic mass is 35.5. The fourth-order valence-electron chi connectivity index (χ4n) is 4.97. The normalized spacial score (nSPS) is 16.5. The summed E-state index contributed by atoms with van der Waals surface area (Å²) in [5.41, 5.74) is 1.01. The van der Waals surface area contributed by atoms with Crippen LogP contribution in [0.25, 0.3) is 10.2 Å². The molecular weight excluding hydrogens is 552 g/mol. The van der Waals surface area contributed by atoms with Crippen LogP contribution in [-0.4, -0.2) is 57.7 Å². The molecule has 1 saturated heterocycles. The van der Waals surface area contributed by atoms with Gasteiger partial charge in [-0.3, -0.25) is 9.59 Å². The summed E-state index contributed by atoms with van der Waals surface area (Å²) in [5, 5.41) is 6.61. The number of likely N-dealkylation sites (tertiary alicyclic amines) is 1. The molecule has 2 N–H and O–H groups in total. The topological polar surface area (TPSA) is 117 Å². The van der Waals surface area contributed by atoms with Crippen molar-refractivity contribution in [1.82, 2.24) is 20.2 Å². The SMILES string of the molecule is O=C(N[C@@H]1CCCN(C(=O)CCCl)C1)c1sc2nccc3c2c1NC(=O)N3c1ccc(Oc2ccccc2)cn1. The fourth-order valence-corrected chi connectivity index (χ4v) is 6.16. The number of halogens is 1. The number of amides is 4. The first-order valence-electron chi connectivity index (χ1n) is 12.9. The van der Waals surface area contributed by atoms with Gasteiger partial charge in [0.15, 0.2) is 0 Å². The summed E-state index contributed by atoms with van der Waals surface area (Å²) in [6.07, 6.45) is 4.99. The third-order valence-electron chi connectivity index (χ3n) is 6.80. The maximum atomic E-state index is 13.4. The number of piperidine rings is 1. The Kier molecular flexibility index (Phi) is 7.23. The number of nitrogens with one attached hydrogen (secondary N) is 2. The van der Waals surface area contributed by atoms with E-state index in [1.54, 1.807) is 35.5 Å². The second-order valence-corrected chi connectivity index (χ2v) is 10.8. The van der Waals surface area contributed by atoms with Gasteiger partial charge in [-0.25, -0.2) is 19.7 Å². The van der Waals surface area contributed by atoms with Gasteiger partial charge < -0.3 is 20.3 Å². The van der Waals surface area contributed by atoms with E-state index in [0.29, 0.717) is 56.9 Å². The lowest BCUT2D eigenvalue weighted by Gasteiger charge is -2.33. The number of hydrogen-bond donors (Lipinski definition) is 2. The molecule has 5 heterocycles. The van der Waals surface area contributed by atoms with Gasteiger partial charge in [0.05, 0.1) is 23.0 Å². The first-order valence-corrected chi connectivity index (χ1v) is 14.2. The van der Waals surface area contributed by atoms with Gasteiger partial charge in [0.1, 0.15) is 27.0 Å². The standard InChI is InChI=1S/C28H25ClN6O4S/c29-12-10-22(36)34-14-4-5-17(16-34)32-26(37)25-24-23-20(11-13-30-27(23)40-25)35(28(38)33-24)21-9-8-19(15-31-21)39-18-6-2-1-3-7-18/h1-3,6-9,11,13,15,17H,4-5,10,12,14,16H2,(H,32,37)(H,33,38)/t17-/m1/s1. The van der Waals surface area contributed by atoms with Gasteiger partial charge in [-0.2, -0.15) is 0 Å². The highest BCUT2D eigenvalue weighted by molar-refractivity contribution is 7.21. The number of aromatic nitrogens is 2. The zero-order chi connectivity index (χ0) is 27.6. The Bertz CT molecular complexity index is 1580. The monoisotopic (exact) mass is 576 g/mol. The Morgan fingerprint density at radius 3 is 2.75 bits per heavy atom. The van der Waals surface area contributed by atoms with E-state index < -0.39 is 6.03 Å². The lowest BCUT2D eigenvalue weighted by molar-refractivity contribution is -0.132. The molecule has 6 rings (SSSR count). The predicted octanol–water partition coefficient (Wildman–Crippen LogP) is 5.52. The molecule has 204 valence electrons. The largest absolute Gasteiger partial charge is 0.456 e. The van der Waals surface area contributed by atoms with E-state index in [4.69, 9.17) is 16.3 Å². The molecule has 2 aliphatic heterocycles. The molecule has 0 saturated carbocycles. The molecule has 40 heavy (non-hydrogen) atoms. The van der Waals surface area contributed by atoms with Crippen LogP contribution < -0.4 is 20.3 Å². The van der Waals surface area contributed by atoms with E-state index in [1.807, 2.05) is 30.3 Å². The maximum absolute atomic E-state index is 13.4. The first-order chi connectivity index (χ1) is 19.5. The van der Waals surface area contributed by atoms with E-state index in [2.05, 4.69) is 20.6 Å². The molecule has 0 unspecified atom stereocenters.